The number of aromatic nitrogens is 1. The third kappa shape index (κ3) is 3.29. The van der Waals surface area contributed by atoms with E-state index in [4.69, 9.17) is 18.9 Å². The van der Waals surface area contributed by atoms with Gasteiger partial charge in [0.2, 0.25) is 0 Å². The van der Waals surface area contributed by atoms with Crippen LogP contribution >= 0.6 is 0 Å². The fourth-order valence-corrected chi connectivity index (χ4v) is 3.36. The fraction of sp³-hybridized carbons (Fsp3) is 0.250. The Morgan fingerprint density at radius 3 is 2.61 bits per heavy atom. The first-order valence-electron chi connectivity index (χ1n) is 8.64. The molecule has 0 amide bonds. The van der Waals surface area contributed by atoms with Gasteiger partial charge in [-0.25, -0.2) is 0 Å². The lowest BCUT2D eigenvalue weighted by molar-refractivity contribution is -0.687. The SMILES string of the molecule is COc1cc2cc[n+](Cc3cc([N+](=O)[O-])cc4c3OCOC4)cc2cc1OC. The minimum absolute atomic E-state index is 0.0237. The molecule has 0 saturated heterocycles. The maximum absolute atomic E-state index is 11.3. The molecule has 1 aromatic heterocycles. The minimum Gasteiger partial charge on any atom is -0.493 e. The normalized spacial score (nSPS) is 12.9. The number of fused-ring (bicyclic) bond motifs is 2. The van der Waals surface area contributed by atoms with E-state index in [0.717, 1.165) is 16.3 Å². The molecule has 28 heavy (non-hydrogen) atoms. The average molecular weight is 383 g/mol. The van der Waals surface area contributed by atoms with Crippen molar-refractivity contribution in [3.05, 3.63) is 64.0 Å². The van der Waals surface area contributed by atoms with Crippen molar-refractivity contribution in [2.45, 2.75) is 13.2 Å². The first-order valence-corrected chi connectivity index (χ1v) is 8.64. The molecule has 0 bridgehead atoms. The van der Waals surface area contributed by atoms with Gasteiger partial charge in [-0.05, 0) is 17.5 Å². The molecule has 2 aromatic carbocycles. The molecule has 2 heterocycles. The highest BCUT2D eigenvalue weighted by atomic mass is 16.7. The monoisotopic (exact) mass is 383 g/mol. The van der Waals surface area contributed by atoms with Crippen LogP contribution in [0.3, 0.4) is 0 Å². The molecule has 0 radical (unpaired) electrons. The van der Waals surface area contributed by atoms with Gasteiger partial charge in [-0.2, -0.15) is 4.57 Å². The third-order valence-electron chi connectivity index (χ3n) is 4.68. The molecule has 1 aliphatic rings. The van der Waals surface area contributed by atoms with Gasteiger partial charge >= 0.3 is 0 Å². The molecule has 0 unspecified atom stereocenters. The number of pyridine rings is 1. The summed E-state index contributed by atoms with van der Waals surface area (Å²) < 4.78 is 23.6. The number of benzene rings is 2. The summed E-state index contributed by atoms with van der Waals surface area (Å²) in [6, 6.07) is 8.83. The van der Waals surface area contributed by atoms with Crippen LogP contribution in [0, 0.1) is 10.1 Å². The number of nitro groups is 1. The van der Waals surface area contributed by atoms with E-state index in [1.807, 2.05) is 35.2 Å². The van der Waals surface area contributed by atoms with Crippen LogP contribution in [0.5, 0.6) is 17.2 Å². The molecule has 8 heteroatoms. The molecule has 8 nitrogen and oxygen atoms in total. The summed E-state index contributed by atoms with van der Waals surface area (Å²) in [7, 11) is 3.19. The predicted octanol–water partition coefficient (Wildman–Crippen LogP) is 2.97. The zero-order chi connectivity index (χ0) is 19.7. The number of nitrogens with zero attached hydrogens (tertiary/aromatic N) is 2. The lowest BCUT2D eigenvalue weighted by Gasteiger charge is -2.19. The number of nitro benzene ring substituents is 1. The molecule has 0 N–H and O–H groups in total. The zero-order valence-corrected chi connectivity index (χ0v) is 15.5. The highest BCUT2D eigenvalue weighted by molar-refractivity contribution is 5.84. The van der Waals surface area contributed by atoms with Crippen LogP contribution in [0.1, 0.15) is 11.1 Å². The van der Waals surface area contributed by atoms with Gasteiger partial charge in [0.25, 0.3) is 5.69 Å². The van der Waals surface area contributed by atoms with Crippen LogP contribution in [0.25, 0.3) is 10.8 Å². The second kappa shape index (κ2) is 7.32. The second-order valence-electron chi connectivity index (χ2n) is 6.41. The summed E-state index contributed by atoms with van der Waals surface area (Å²) in [6.45, 7) is 0.856. The third-order valence-corrected chi connectivity index (χ3v) is 4.68. The Labute approximate surface area is 161 Å². The van der Waals surface area contributed by atoms with Crippen molar-refractivity contribution in [2.24, 2.45) is 0 Å². The summed E-state index contributed by atoms with van der Waals surface area (Å²) >= 11 is 0. The van der Waals surface area contributed by atoms with E-state index in [0.29, 0.717) is 36.0 Å². The fourth-order valence-electron chi connectivity index (χ4n) is 3.36. The second-order valence-corrected chi connectivity index (χ2v) is 6.41. The van der Waals surface area contributed by atoms with E-state index >= 15 is 0 Å². The summed E-state index contributed by atoms with van der Waals surface area (Å²) in [6.07, 6.45) is 3.88. The van der Waals surface area contributed by atoms with Gasteiger partial charge in [0.05, 0.1) is 31.3 Å². The number of non-ortho nitro benzene ring substituents is 1. The molecular formula is C20H19N2O6+. The highest BCUT2D eigenvalue weighted by Crippen LogP contribution is 2.33. The number of rotatable bonds is 5. The first-order chi connectivity index (χ1) is 13.6. The van der Waals surface area contributed by atoms with Crippen molar-refractivity contribution < 1.29 is 28.4 Å². The smallest absolute Gasteiger partial charge is 0.270 e. The van der Waals surface area contributed by atoms with Crippen molar-refractivity contribution in [1.82, 2.24) is 0 Å². The van der Waals surface area contributed by atoms with Crippen molar-refractivity contribution >= 4 is 16.5 Å². The Morgan fingerprint density at radius 2 is 1.89 bits per heavy atom. The standard InChI is InChI=1S/C20H19N2O6/c1-25-18-7-13-3-4-21(9-14(13)8-19(18)26-2)10-15-5-17(22(23)24)6-16-11-27-12-28-20(15)16/h3-9H,10-12H2,1-2H3/q+1. The molecule has 0 aliphatic carbocycles. The first kappa shape index (κ1) is 18.0. The molecule has 0 spiro atoms. The van der Waals surface area contributed by atoms with E-state index in [-0.39, 0.29) is 12.5 Å². The average Bonchev–Trinajstić information content (AvgIpc) is 2.72. The van der Waals surface area contributed by atoms with Crippen LogP contribution < -0.4 is 18.8 Å². The Balaban J connectivity index is 1.75. The molecule has 0 saturated carbocycles. The van der Waals surface area contributed by atoms with Crippen molar-refractivity contribution in [2.75, 3.05) is 21.0 Å². The quantitative estimate of drug-likeness (QED) is 0.383. The van der Waals surface area contributed by atoms with Crippen LogP contribution in [-0.4, -0.2) is 25.9 Å². The Morgan fingerprint density at radius 1 is 1.14 bits per heavy atom. The van der Waals surface area contributed by atoms with Gasteiger partial charge in [-0.1, -0.05) is 0 Å². The largest absolute Gasteiger partial charge is 0.493 e. The van der Waals surface area contributed by atoms with Crippen LogP contribution in [0.2, 0.25) is 0 Å². The summed E-state index contributed by atoms with van der Waals surface area (Å²) in [5, 5.41) is 13.2. The predicted molar refractivity (Wildman–Crippen MR) is 99.7 cm³/mol. The zero-order valence-electron chi connectivity index (χ0n) is 15.5. The highest BCUT2D eigenvalue weighted by Gasteiger charge is 2.23. The number of methoxy groups -OCH3 is 2. The lowest BCUT2D eigenvalue weighted by atomic mass is 10.1. The number of hydrogen-bond acceptors (Lipinski definition) is 6. The van der Waals surface area contributed by atoms with Crippen LogP contribution in [0.4, 0.5) is 5.69 Å². The lowest BCUT2D eigenvalue weighted by Crippen LogP contribution is -2.34. The topological polar surface area (TPSA) is 83.9 Å². The van der Waals surface area contributed by atoms with Crippen molar-refractivity contribution in [3.63, 3.8) is 0 Å². The molecule has 4 rings (SSSR count). The van der Waals surface area contributed by atoms with E-state index in [2.05, 4.69) is 0 Å². The van der Waals surface area contributed by atoms with Gasteiger partial charge in [-0.3, -0.25) is 10.1 Å². The summed E-state index contributed by atoms with van der Waals surface area (Å²) in [5.41, 5.74) is 1.44. The molecule has 3 aromatic rings. The summed E-state index contributed by atoms with van der Waals surface area (Å²) in [4.78, 5) is 10.9. The van der Waals surface area contributed by atoms with Gasteiger partial charge in [-0.15, -0.1) is 0 Å². The maximum Gasteiger partial charge on any atom is 0.270 e. The van der Waals surface area contributed by atoms with E-state index in [1.165, 1.54) is 6.07 Å². The number of hydrogen-bond donors (Lipinski definition) is 0. The van der Waals surface area contributed by atoms with Crippen LogP contribution in [0.15, 0.2) is 42.7 Å². The van der Waals surface area contributed by atoms with E-state index < -0.39 is 4.92 Å². The van der Waals surface area contributed by atoms with E-state index in [1.54, 1.807) is 20.3 Å². The number of ether oxygens (including phenoxy) is 4. The Hall–Kier alpha value is -3.39. The maximum atomic E-state index is 11.3. The van der Waals surface area contributed by atoms with Gasteiger partial charge in [0.15, 0.2) is 37.2 Å². The van der Waals surface area contributed by atoms with Crippen molar-refractivity contribution in [1.29, 1.82) is 0 Å². The van der Waals surface area contributed by atoms with E-state index in [9.17, 15) is 10.1 Å². The molecule has 144 valence electrons. The molecular weight excluding hydrogens is 364 g/mol. The minimum atomic E-state index is -0.402. The molecule has 0 fully saturated rings. The van der Waals surface area contributed by atoms with Gasteiger partial charge in [0, 0.05) is 29.1 Å². The molecule has 1 aliphatic heterocycles. The Kier molecular flexibility index (Phi) is 4.70. The van der Waals surface area contributed by atoms with Gasteiger partial charge in [0.1, 0.15) is 5.75 Å². The molecule has 0 atom stereocenters. The Bertz CT molecular complexity index is 1070. The van der Waals surface area contributed by atoms with Crippen molar-refractivity contribution in [3.8, 4) is 17.2 Å². The van der Waals surface area contributed by atoms with Gasteiger partial charge < -0.3 is 18.9 Å². The summed E-state index contributed by atoms with van der Waals surface area (Å²) in [5.74, 6) is 1.95. The van der Waals surface area contributed by atoms with Crippen LogP contribution in [-0.2, 0) is 17.9 Å².